The normalized spacial score (nSPS) is 9.58. The molecule has 0 rings (SSSR count). The van der Waals surface area contributed by atoms with Gasteiger partial charge in [0.1, 0.15) is 0 Å². The molecule has 0 fully saturated rings. The molecule has 0 aliphatic heterocycles. The second-order valence-corrected chi connectivity index (χ2v) is 3.31. The van der Waals surface area contributed by atoms with Gasteiger partial charge >= 0.3 is 0 Å². The van der Waals surface area contributed by atoms with Crippen LogP contribution in [0.1, 0.15) is 47.5 Å². The van der Waals surface area contributed by atoms with E-state index in [9.17, 15) is 0 Å². The van der Waals surface area contributed by atoms with Crippen LogP contribution in [0.3, 0.4) is 0 Å². The van der Waals surface area contributed by atoms with Gasteiger partial charge < -0.3 is 4.74 Å². The molecule has 0 saturated heterocycles. The summed E-state index contributed by atoms with van der Waals surface area (Å²) in [5.74, 6) is 0. The maximum atomic E-state index is 5.25. The molecule has 1 nitrogen and oxygen atoms in total. The molecular weight excluding hydrogens is 148 g/mol. The molecule has 0 radical (unpaired) electrons. The zero-order chi connectivity index (χ0) is 9.98. The van der Waals surface area contributed by atoms with Crippen molar-refractivity contribution in [1.29, 1.82) is 0 Å². The quantitative estimate of drug-likeness (QED) is 0.586. The summed E-state index contributed by atoms with van der Waals surface area (Å²) in [6.45, 7) is 13.9. The van der Waals surface area contributed by atoms with Crippen molar-refractivity contribution in [3.05, 3.63) is 12.7 Å². The summed E-state index contributed by atoms with van der Waals surface area (Å²) >= 11 is 0. The molecule has 0 heterocycles. The van der Waals surface area contributed by atoms with Crippen LogP contribution in [-0.2, 0) is 4.74 Å². The number of allylic oxidation sites excluding steroid dienone is 1. The lowest BCUT2D eigenvalue weighted by Gasteiger charge is -2.09. The van der Waals surface area contributed by atoms with Gasteiger partial charge in [-0.2, -0.15) is 0 Å². The van der Waals surface area contributed by atoms with Crippen molar-refractivity contribution in [3.63, 3.8) is 0 Å². The van der Waals surface area contributed by atoms with Gasteiger partial charge in [0.15, 0.2) is 0 Å². The van der Waals surface area contributed by atoms with E-state index in [1.807, 2.05) is 33.8 Å². The fraction of sp³-hybridized carbons (Fsp3) is 0.818. The molecule has 0 bridgehead atoms. The first-order chi connectivity index (χ1) is 5.54. The number of ether oxygens (including phenoxy) is 1. The van der Waals surface area contributed by atoms with E-state index in [1.54, 1.807) is 0 Å². The van der Waals surface area contributed by atoms with Gasteiger partial charge in [0.05, 0.1) is 12.2 Å². The average molecular weight is 172 g/mol. The first-order valence-electron chi connectivity index (χ1n) is 4.80. The van der Waals surface area contributed by atoms with Crippen LogP contribution in [0.15, 0.2) is 12.7 Å². The van der Waals surface area contributed by atoms with Crippen LogP contribution in [0.2, 0.25) is 0 Å². The second kappa shape index (κ2) is 10.7. The van der Waals surface area contributed by atoms with Crippen molar-refractivity contribution < 1.29 is 4.74 Å². The van der Waals surface area contributed by atoms with Crippen LogP contribution in [0.25, 0.3) is 0 Å². The molecule has 0 aliphatic carbocycles. The van der Waals surface area contributed by atoms with E-state index in [1.165, 1.54) is 6.42 Å². The van der Waals surface area contributed by atoms with E-state index in [0.717, 1.165) is 6.42 Å². The SMILES string of the molecule is C=CCCC.CC(C)OC(C)C. The summed E-state index contributed by atoms with van der Waals surface area (Å²) < 4.78 is 5.25. The molecule has 0 aromatic rings. The maximum absolute atomic E-state index is 5.25. The number of hydrogen-bond donors (Lipinski definition) is 0. The first kappa shape index (κ1) is 14.2. The Labute approximate surface area is 77.8 Å². The lowest BCUT2D eigenvalue weighted by atomic mass is 10.3. The maximum Gasteiger partial charge on any atom is 0.0522 e. The summed E-state index contributed by atoms with van der Waals surface area (Å²) in [5.41, 5.74) is 0. The predicted molar refractivity (Wildman–Crippen MR) is 56.5 cm³/mol. The molecule has 74 valence electrons. The zero-order valence-electron chi connectivity index (χ0n) is 9.26. The Morgan fingerprint density at radius 2 is 1.58 bits per heavy atom. The summed E-state index contributed by atoms with van der Waals surface area (Å²) in [6.07, 6.45) is 5.06. The van der Waals surface area contributed by atoms with Gasteiger partial charge in [-0.25, -0.2) is 0 Å². The molecule has 0 spiro atoms. The Morgan fingerprint density at radius 1 is 1.17 bits per heavy atom. The first-order valence-corrected chi connectivity index (χ1v) is 4.80. The van der Waals surface area contributed by atoms with E-state index >= 15 is 0 Å². The van der Waals surface area contributed by atoms with Crippen LogP contribution >= 0.6 is 0 Å². The van der Waals surface area contributed by atoms with Gasteiger partial charge in [-0.05, 0) is 34.1 Å². The van der Waals surface area contributed by atoms with Gasteiger partial charge in [0, 0.05) is 0 Å². The largest absolute Gasteiger partial charge is 0.376 e. The Morgan fingerprint density at radius 3 is 1.58 bits per heavy atom. The zero-order valence-corrected chi connectivity index (χ0v) is 9.26. The third-order valence-electron chi connectivity index (χ3n) is 1.04. The van der Waals surface area contributed by atoms with Crippen LogP contribution in [0.5, 0.6) is 0 Å². The van der Waals surface area contributed by atoms with Crippen LogP contribution < -0.4 is 0 Å². The van der Waals surface area contributed by atoms with Gasteiger partial charge in [-0.3, -0.25) is 0 Å². The van der Waals surface area contributed by atoms with Crippen LogP contribution in [-0.4, -0.2) is 12.2 Å². The predicted octanol–water partition coefficient (Wildman–Crippen LogP) is 3.79. The average Bonchev–Trinajstić information content (AvgIpc) is 1.87. The Balaban J connectivity index is 0. The Bertz CT molecular complexity index is 79.0. The summed E-state index contributed by atoms with van der Waals surface area (Å²) in [5, 5.41) is 0. The highest BCUT2D eigenvalue weighted by Gasteiger charge is 1.94. The minimum atomic E-state index is 0.375. The monoisotopic (exact) mass is 172 g/mol. The van der Waals surface area contributed by atoms with E-state index < -0.39 is 0 Å². The topological polar surface area (TPSA) is 9.23 Å². The van der Waals surface area contributed by atoms with E-state index in [0.29, 0.717) is 12.2 Å². The minimum Gasteiger partial charge on any atom is -0.376 e. The van der Waals surface area contributed by atoms with Crippen molar-refractivity contribution in [2.75, 3.05) is 0 Å². The molecule has 0 amide bonds. The third kappa shape index (κ3) is 22.6. The molecule has 0 unspecified atom stereocenters. The fourth-order valence-electron chi connectivity index (χ4n) is 0.748. The number of hydrogen-bond acceptors (Lipinski definition) is 1. The van der Waals surface area contributed by atoms with E-state index in [-0.39, 0.29) is 0 Å². The van der Waals surface area contributed by atoms with Crippen molar-refractivity contribution in [2.24, 2.45) is 0 Å². The van der Waals surface area contributed by atoms with Gasteiger partial charge in [-0.15, -0.1) is 6.58 Å². The number of rotatable bonds is 4. The van der Waals surface area contributed by atoms with E-state index in [4.69, 9.17) is 4.74 Å². The van der Waals surface area contributed by atoms with Gasteiger partial charge in [0.2, 0.25) is 0 Å². The fourth-order valence-corrected chi connectivity index (χ4v) is 0.748. The lowest BCUT2D eigenvalue weighted by Crippen LogP contribution is -2.09. The van der Waals surface area contributed by atoms with E-state index in [2.05, 4.69) is 13.5 Å². The van der Waals surface area contributed by atoms with Crippen molar-refractivity contribution in [3.8, 4) is 0 Å². The summed E-state index contributed by atoms with van der Waals surface area (Å²) in [6, 6.07) is 0. The Hall–Kier alpha value is -0.300. The number of unbranched alkanes of at least 4 members (excludes halogenated alkanes) is 1. The van der Waals surface area contributed by atoms with Crippen molar-refractivity contribution in [2.45, 2.75) is 59.7 Å². The highest BCUT2D eigenvalue weighted by Crippen LogP contribution is 1.93. The van der Waals surface area contributed by atoms with Crippen LogP contribution in [0, 0.1) is 0 Å². The molecule has 0 aliphatic rings. The lowest BCUT2D eigenvalue weighted by molar-refractivity contribution is 0.0300. The molecule has 12 heavy (non-hydrogen) atoms. The van der Waals surface area contributed by atoms with Crippen molar-refractivity contribution >= 4 is 0 Å². The van der Waals surface area contributed by atoms with Crippen molar-refractivity contribution in [1.82, 2.24) is 0 Å². The second-order valence-electron chi connectivity index (χ2n) is 3.31. The summed E-state index contributed by atoms with van der Waals surface area (Å²) in [7, 11) is 0. The molecule has 0 aromatic heterocycles. The minimum absolute atomic E-state index is 0.375. The molecular formula is C11H24O. The smallest absolute Gasteiger partial charge is 0.0522 e. The summed E-state index contributed by atoms with van der Waals surface area (Å²) in [4.78, 5) is 0. The Kier molecular flexibility index (Phi) is 12.7. The highest BCUT2D eigenvalue weighted by atomic mass is 16.5. The van der Waals surface area contributed by atoms with Gasteiger partial charge in [-0.1, -0.05) is 19.4 Å². The van der Waals surface area contributed by atoms with Gasteiger partial charge in [0.25, 0.3) is 0 Å². The molecule has 0 atom stereocenters. The third-order valence-corrected chi connectivity index (χ3v) is 1.04. The molecule has 1 heteroatoms. The molecule has 0 saturated carbocycles. The molecule has 0 aromatic carbocycles. The standard InChI is InChI=1S/C6H14O.C5H10/c1-5(2)7-6(3)4;1-3-5-4-2/h5-6H,1-4H3;3H,1,4-5H2,2H3. The van der Waals surface area contributed by atoms with Crippen LogP contribution in [0.4, 0.5) is 0 Å². The highest BCUT2D eigenvalue weighted by molar-refractivity contribution is 4.63. The molecule has 0 N–H and O–H groups in total.